The highest BCUT2D eigenvalue weighted by atomic mass is 35.5. The fraction of sp³-hybridized carbons (Fsp3) is 0. The third-order valence-corrected chi connectivity index (χ3v) is 4.46. The summed E-state index contributed by atoms with van der Waals surface area (Å²) in [6, 6.07) is 24.3. The van der Waals surface area contributed by atoms with E-state index in [1.165, 1.54) is 0 Å². The van der Waals surface area contributed by atoms with Crippen LogP contribution in [0.1, 0.15) is 11.1 Å². The Kier molecular flexibility index (Phi) is 5.54. The highest BCUT2D eigenvalue weighted by Gasteiger charge is 2.14. The Balaban J connectivity index is 1.98. The third kappa shape index (κ3) is 4.30. The van der Waals surface area contributed by atoms with Crippen molar-refractivity contribution in [3.05, 3.63) is 100 Å². The van der Waals surface area contributed by atoms with E-state index in [0.29, 0.717) is 21.3 Å². The van der Waals surface area contributed by atoms with E-state index >= 15 is 0 Å². The number of hydrogen-bond acceptors (Lipinski definition) is 1. The monoisotopic (exact) mass is 367 g/mol. The Morgan fingerprint density at radius 2 is 1.44 bits per heavy atom. The van der Waals surface area contributed by atoms with Crippen LogP contribution in [0.15, 0.2) is 78.9 Å². The van der Waals surface area contributed by atoms with Gasteiger partial charge < -0.3 is 5.32 Å². The van der Waals surface area contributed by atoms with Crippen molar-refractivity contribution < 1.29 is 4.79 Å². The topological polar surface area (TPSA) is 29.1 Å². The first-order valence-electron chi connectivity index (χ1n) is 7.72. The second-order valence-corrected chi connectivity index (χ2v) is 6.18. The van der Waals surface area contributed by atoms with Crippen LogP contribution in [0.3, 0.4) is 0 Å². The molecule has 124 valence electrons. The number of benzene rings is 3. The molecule has 0 unspecified atom stereocenters. The number of carbonyl (C=O) groups is 1. The molecule has 0 fully saturated rings. The fourth-order valence-electron chi connectivity index (χ4n) is 2.40. The van der Waals surface area contributed by atoms with Crippen LogP contribution in [0.5, 0.6) is 0 Å². The SMILES string of the molecule is O=C(Nc1cccc(Cl)c1Cl)/C(=C/c1ccccc1)c1ccccc1. The molecule has 0 aliphatic heterocycles. The van der Waals surface area contributed by atoms with Gasteiger partial charge in [0.15, 0.2) is 0 Å². The zero-order valence-electron chi connectivity index (χ0n) is 13.2. The summed E-state index contributed by atoms with van der Waals surface area (Å²) in [4.78, 5) is 12.9. The first-order valence-corrected chi connectivity index (χ1v) is 8.48. The van der Waals surface area contributed by atoms with E-state index in [4.69, 9.17) is 23.2 Å². The van der Waals surface area contributed by atoms with E-state index in [1.54, 1.807) is 18.2 Å². The van der Waals surface area contributed by atoms with Crippen LogP contribution >= 0.6 is 23.2 Å². The molecule has 3 aromatic rings. The summed E-state index contributed by atoms with van der Waals surface area (Å²) < 4.78 is 0. The average molecular weight is 368 g/mol. The van der Waals surface area contributed by atoms with Crippen LogP contribution in [-0.2, 0) is 4.79 Å². The van der Waals surface area contributed by atoms with Gasteiger partial charge in [-0.3, -0.25) is 4.79 Å². The molecule has 3 rings (SSSR count). The van der Waals surface area contributed by atoms with E-state index in [9.17, 15) is 4.79 Å². The summed E-state index contributed by atoms with van der Waals surface area (Å²) in [5.41, 5.74) is 2.78. The number of amides is 1. The van der Waals surface area contributed by atoms with Gasteiger partial charge in [-0.25, -0.2) is 0 Å². The molecule has 0 aliphatic carbocycles. The van der Waals surface area contributed by atoms with Gasteiger partial charge in [0.1, 0.15) is 0 Å². The second-order valence-electron chi connectivity index (χ2n) is 5.39. The Bertz CT molecular complexity index is 906. The van der Waals surface area contributed by atoms with Crippen LogP contribution < -0.4 is 5.32 Å². The van der Waals surface area contributed by atoms with Crippen molar-refractivity contribution in [2.45, 2.75) is 0 Å². The molecule has 0 aliphatic rings. The number of hydrogen-bond donors (Lipinski definition) is 1. The molecular weight excluding hydrogens is 353 g/mol. The van der Waals surface area contributed by atoms with E-state index in [0.717, 1.165) is 11.1 Å². The summed E-state index contributed by atoms with van der Waals surface area (Å²) in [6.07, 6.45) is 1.85. The van der Waals surface area contributed by atoms with E-state index in [1.807, 2.05) is 66.7 Å². The van der Waals surface area contributed by atoms with E-state index < -0.39 is 0 Å². The Labute approximate surface area is 156 Å². The Morgan fingerprint density at radius 1 is 0.800 bits per heavy atom. The van der Waals surface area contributed by atoms with Crippen molar-refractivity contribution in [3.8, 4) is 0 Å². The molecule has 0 saturated carbocycles. The third-order valence-electron chi connectivity index (χ3n) is 3.64. The van der Waals surface area contributed by atoms with Crippen LogP contribution in [0.2, 0.25) is 10.0 Å². The lowest BCUT2D eigenvalue weighted by Gasteiger charge is -2.11. The van der Waals surface area contributed by atoms with Crippen molar-refractivity contribution >= 4 is 46.4 Å². The van der Waals surface area contributed by atoms with Gasteiger partial charge in [-0.1, -0.05) is 89.9 Å². The van der Waals surface area contributed by atoms with Gasteiger partial charge >= 0.3 is 0 Å². The van der Waals surface area contributed by atoms with Crippen molar-refractivity contribution in [3.63, 3.8) is 0 Å². The van der Waals surface area contributed by atoms with Gasteiger partial charge in [-0.2, -0.15) is 0 Å². The van der Waals surface area contributed by atoms with Crippen molar-refractivity contribution in [2.24, 2.45) is 0 Å². The molecule has 1 N–H and O–H groups in total. The van der Waals surface area contributed by atoms with Gasteiger partial charge in [0.25, 0.3) is 5.91 Å². The summed E-state index contributed by atoms with van der Waals surface area (Å²) >= 11 is 12.2. The maximum atomic E-state index is 12.9. The zero-order chi connectivity index (χ0) is 17.6. The van der Waals surface area contributed by atoms with Gasteiger partial charge in [0, 0.05) is 5.57 Å². The molecule has 0 atom stereocenters. The van der Waals surface area contributed by atoms with E-state index in [-0.39, 0.29) is 5.91 Å². The predicted molar refractivity (Wildman–Crippen MR) is 106 cm³/mol. The standard InChI is InChI=1S/C21H15Cl2NO/c22-18-12-7-13-19(20(18)23)24-21(25)17(16-10-5-2-6-11-16)14-15-8-3-1-4-9-15/h1-14H,(H,24,25)/b17-14+. The minimum atomic E-state index is -0.251. The number of nitrogens with one attached hydrogen (secondary N) is 1. The lowest BCUT2D eigenvalue weighted by Crippen LogP contribution is -2.14. The highest BCUT2D eigenvalue weighted by Crippen LogP contribution is 2.30. The van der Waals surface area contributed by atoms with Gasteiger partial charge in [0.2, 0.25) is 0 Å². The summed E-state index contributed by atoms with van der Waals surface area (Å²) in [5.74, 6) is -0.251. The van der Waals surface area contributed by atoms with Crippen LogP contribution in [0.4, 0.5) is 5.69 Å². The summed E-state index contributed by atoms with van der Waals surface area (Å²) in [6.45, 7) is 0. The maximum absolute atomic E-state index is 12.9. The molecule has 25 heavy (non-hydrogen) atoms. The Morgan fingerprint density at radius 3 is 2.12 bits per heavy atom. The van der Waals surface area contributed by atoms with Crippen LogP contribution in [-0.4, -0.2) is 5.91 Å². The molecule has 1 amide bonds. The smallest absolute Gasteiger partial charge is 0.256 e. The lowest BCUT2D eigenvalue weighted by atomic mass is 10.0. The normalized spacial score (nSPS) is 11.2. The quantitative estimate of drug-likeness (QED) is 0.433. The van der Waals surface area contributed by atoms with Gasteiger partial charge in [-0.15, -0.1) is 0 Å². The molecule has 0 heterocycles. The number of carbonyl (C=O) groups excluding carboxylic acids is 1. The Hall–Kier alpha value is -2.55. The summed E-state index contributed by atoms with van der Waals surface area (Å²) in [5, 5.41) is 3.57. The number of rotatable bonds is 4. The van der Waals surface area contributed by atoms with Crippen LogP contribution in [0.25, 0.3) is 11.6 Å². The molecule has 3 aromatic carbocycles. The summed E-state index contributed by atoms with van der Waals surface area (Å²) in [7, 11) is 0. The minimum absolute atomic E-state index is 0.251. The maximum Gasteiger partial charge on any atom is 0.256 e. The van der Waals surface area contributed by atoms with Crippen molar-refractivity contribution in [1.29, 1.82) is 0 Å². The molecule has 0 spiro atoms. The van der Waals surface area contributed by atoms with Crippen LogP contribution in [0, 0.1) is 0 Å². The minimum Gasteiger partial charge on any atom is -0.321 e. The number of halogens is 2. The first-order chi connectivity index (χ1) is 12.1. The van der Waals surface area contributed by atoms with E-state index in [2.05, 4.69) is 5.32 Å². The zero-order valence-corrected chi connectivity index (χ0v) is 14.8. The van der Waals surface area contributed by atoms with Crippen molar-refractivity contribution in [2.75, 3.05) is 5.32 Å². The van der Waals surface area contributed by atoms with Gasteiger partial charge in [0.05, 0.1) is 15.7 Å². The molecular formula is C21H15Cl2NO. The number of anilines is 1. The molecule has 4 heteroatoms. The second kappa shape index (κ2) is 8.02. The van der Waals surface area contributed by atoms with Gasteiger partial charge in [-0.05, 0) is 29.3 Å². The first kappa shape index (κ1) is 17.3. The molecule has 0 radical (unpaired) electrons. The average Bonchev–Trinajstić information content (AvgIpc) is 2.65. The molecule has 0 bridgehead atoms. The highest BCUT2D eigenvalue weighted by molar-refractivity contribution is 6.44. The predicted octanol–water partition coefficient (Wildman–Crippen LogP) is 6.17. The lowest BCUT2D eigenvalue weighted by molar-refractivity contribution is -0.111. The molecule has 2 nitrogen and oxygen atoms in total. The largest absolute Gasteiger partial charge is 0.321 e. The van der Waals surface area contributed by atoms with Crippen molar-refractivity contribution in [1.82, 2.24) is 0 Å². The molecule has 0 aromatic heterocycles. The fourth-order valence-corrected chi connectivity index (χ4v) is 2.75. The molecule has 0 saturated heterocycles.